The van der Waals surface area contributed by atoms with Crippen LogP contribution in [0.3, 0.4) is 0 Å². The molecule has 0 N–H and O–H groups in total. The van der Waals surface area contributed by atoms with Crippen LogP contribution in [0.15, 0.2) is 231 Å². The van der Waals surface area contributed by atoms with Crippen molar-refractivity contribution < 1.29 is 0 Å². The highest BCUT2D eigenvalue weighted by atomic mass is 32.1. The topological polar surface area (TPSA) is 8.17 Å². The number of thiophene rings is 1. The van der Waals surface area contributed by atoms with Gasteiger partial charge in [0.2, 0.25) is 0 Å². The van der Waals surface area contributed by atoms with Crippen LogP contribution in [-0.4, -0.2) is 4.57 Å². The molecule has 61 heavy (non-hydrogen) atoms. The van der Waals surface area contributed by atoms with Crippen molar-refractivity contribution in [1.82, 2.24) is 4.57 Å². The van der Waals surface area contributed by atoms with Gasteiger partial charge in [0.05, 0.1) is 16.7 Å². The smallest absolute Gasteiger partial charge is 0.0562 e. The van der Waals surface area contributed by atoms with Gasteiger partial charge < -0.3 is 9.47 Å². The lowest BCUT2D eigenvalue weighted by molar-refractivity contribution is 1.18. The first-order valence-corrected chi connectivity index (χ1v) is 21.7. The minimum Gasteiger partial charge on any atom is -0.310 e. The summed E-state index contributed by atoms with van der Waals surface area (Å²) in [6.45, 7) is 0. The Bertz CT molecular complexity index is 3590. The summed E-state index contributed by atoms with van der Waals surface area (Å²) in [5.41, 5.74) is 14.0. The van der Waals surface area contributed by atoms with E-state index < -0.39 is 0 Å². The molecule has 0 unspecified atom stereocenters. The Morgan fingerprint density at radius 1 is 0.328 bits per heavy atom. The molecule has 0 saturated carbocycles. The molecule has 12 rings (SSSR count). The molecule has 0 radical (unpaired) electrons. The molecule has 0 saturated heterocycles. The van der Waals surface area contributed by atoms with Gasteiger partial charge >= 0.3 is 0 Å². The van der Waals surface area contributed by atoms with Gasteiger partial charge in [0.1, 0.15) is 0 Å². The van der Waals surface area contributed by atoms with Crippen molar-refractivity contribution >= 4 is 81.1 Å². The highest BCUT2D eigenvalue weighted by Gasteiger charge is 2.22. The first kappa shape index (κ1) is 35.2. The Labute approximate surface area is 358 Å². The lowest BCUT2D eigenvalue weighted by Crippen LogP contribution is -2.10. The van der Waals surface area contributed by atoms with E-state index in [2.05, 4.69) is 240 Å². The van der Waals surface area contributed by atoms with Crippen molar-refractivity contribution in [3.63, 3.8) is 0 Å². The Kier molecular flexibility index (Phi) is 8.39. The number of para-hydroxylation sites is 3. The molecule has 0 aliphatic heterocycles. The van der Waals surface area contributed by atoms with Gasteiger partial charge in [-0.05, 0) is 87.6 Å². The molecule has 2 aromatic heterocycles. The van der Waals surface area contributed by atoms with Crippen LogP contribution in [0.5, 0.6) is 0 Å². The standard InChI is InChI=1S/C58H38N2S/c1-3-17-40(18-4-1)53-37-42(33-35-46(53)51-28-16-29-52-50-26-11-14-32-57(50)61-58(51)52)59(41-21-5-2-6-22-41)43-34-36-49-48-25-10-13-31-55(48)60(56(49)38-43)54-30-12-9-24-47(54)45-27-15-20-39-19-7-8-23-44(39)45/h1-38H. The maximum atomic E-state index is 2.47. The summed E-state index contributed by atoms with van der Waals surface area (Å²) < 4.78 is 5.10. The molecule has 2 heterocycles. The monoisotopic (exact) mass is 794 g/mol. The average Bonchev–Trinajstić information content (AvgIpc) is 3.88. The Hall–Kier alpha value is -7.72. The van der Waals surface area contributed by atoms with Gasteiger partial charge in [0.15, 0.2) is 0 Å². The molecule has 0 atom stereocenters. The van der Waals surface area contributed by atoms with Crippen LogP contribution in [-0.2, 0) is 0 Å². The minimum atomic E-state index is 1.09. The van der Waals surface area contributed by atoms with Crippen LogP contribution in [0.1, 0.15) is 0 Å². The number of hydrogen-bond acceptors (Lipinski definition) is 2. The van der Waals surface area contributed by atoms with Crippen LogP contribution in [0.2, 0.25) is 0 Å². The fraction of sp³-hybridized carbons (Fsp3) is 0. The van der Waals surface area contributed by atoms with E-state index in [9.17, 15) is 0 Å². The van der Waals surface area contributed by atoms with Crippen LogP contribution in [0, 0.1) is 0 Å². The van der Waals surface area contributed by atoms with Crippen LogP contribution in [0.25, 0.3) is 91.8 Å². The zero-order valence-electron chi connectivity index (χ0n) is 33.2. The SMILES string of the molecule is c1ccc(-c2cc(N(c3ccccc3)c3ccc4c5ccccc5n(-c5ccccc5-c5cccc6ccccc56)c4c3)ccc2-c2cccc3c2sc2ccccc23)cc1. The quantitative estimate of drug-likeness (QED) is 0.156. The fourth-order valence-corrected chi connectivity index (χ4v) is 10.7. The van der Waals surface area contributed by atoms with Crippen molar-refractivity contribution in [3.05, 3.63) is 231 Å². The van der Waals surface area contributed by atoms with E-state index in [4.69, 9.17) is 0 Å². The Morgan fingerprint density at radius 2 is 0.934 bits per heavy atom. The lowest BCUT2D eigenvalue weighted by Gasteiger charge is -2.27. The van der Waals surface area contributed by atoms with E-state index in [1.54, 1.807) is 0 Å². The Morgan fingerprint density at radius 3 is 1.82 bits per heavy atom. The maximum absolute atomic E-state index is 2.47. The molecule has 0 aliphatic rings. The molecule has 0 bridgehead atoms. The van der Waals surface area contributed by atoms with Crippen molar-refractivity contribution in [2.45, 2.75) is 0 Å². The molecule has 0 aliphatic carbocycles. The maximum Gasteiger partial charge on any atom is 0.0562 e. The highest BCUT2D eigenvalue weighted by molar-refractivity contribution is 7.26. The van der Waals surface area contributed by atoms with Crippen molar-refractivity contribution in [3.8, 4) is 39.1 Å². The summed E-state index contributed by atoms with van der Waals surface area (Å²) in [6, 6.07) is 84.2. The van der Waals surface area contributed by atoms with Crippen molar-refractivity contribution in [2.24, 2.45) is 0 Å². The van der Waals surface area contributed by atoms with Gasteiger partial charge in [-0.15, -0.1) is 11.3 Å². The summed E-state index contributed by atoms with van der Waals surface area (Å²) in [6.07, 6.45) is 0. The molecule has 0 spiro atoms. The lowest BCUT2D eigenvalue weighted by atomic mass is 9.92. The summed E-state index contributed by atoms with van der Waals surface area (Å²) in [4.78, 5) is 2.41. The Balaban J connectivity index is 1.09. The van der Waals surface area contributed by atoms with E-state index in [0.717, 1.165) is 28.3 Å². The third-order valence-electron chi connectivity index (χ3n) is 12.2. The molecule has 10 aromatic carbocycles. The number of fused-ring (bicyclic) bond motifs is 7. The molecular formula is C58H38N2S. The first-order chi connectivity index (χ1) is 30.3. The third kappa shape index (κ3) is 5.85. The number of anilines is 3. The first-order valence-electron chi connectivity index (χ1n) is 20.8. The number of rotatable bonds is 7. The van der Waals surface area contributed by atoms with Crippen LogP contribution >= 0.6 is 11.3 Å². The molecule has 12 aromatic rings. The zero-order chi connectivity index (χ0) is 40.3. The molecule has 2 nitrogen and oxygen atoms in total. The van der Waals surface area contributed by atoms with Crippen LogP contribution in [0.4, 0.5) is 17.1 Å². The average molecular weight is 795 g/mol. The fourth-order valence-electron chi connectivity index (χ4n) is 9.46. The molecule has 0 amide bonds. The van der Waals surface area contributed by atoms with E-state index in [-0.39, 0.29) is 0 Å². The van der Waals surface area contributed by atoms with Gasteiger partial charge in [-0.3, -0.25) is 0 Å². The van der Waals surface area contributed by atoms with E-state index in [1.807, 2.05) is 11.3 Å². The largest absolute Gasteiger partial charge is 0.310 e. The third-order valence-corrected chi connectivity index (χ3v) is 13.4. The summed E-state index contributed by atoms with van der Waals surface area (Å²) >= 11 is 1.88. The van der Waals surface area contributed by atoms with E-state index >= 15 is 0 Å². The van der Waals surface area contributed by atoms with Gasteiger partial charge in [-0.1, -0.05) is 176 Å². The van der Waals surface area contributed by atoms with E-state index in [0.29, 0.717) is 0 Å². The predicted octanol–water partition coefficient (Wildman–Crippen LogP) is 16.8. The van der Waals surface area contributed by atoms with Gasteiger partial charge in [-0.25, -0.2) is 0 Å². The minimum absolute atomic E-state index is 1.09. The number of aromatic nitrogens is 1. The van der Waals surface area contributed by atoms with Gasteiger partial charge in [-0.2, -0.15) is 0 Å². The summed E-state index contributed by atoms with van der Waals surface area (Å²) in [5, 5.41) is 7.54. The molecule has 286 valence electrons. The number of hydrogen-bond donors (Lipinski definition) is 0. The molecule has 3 heteroatoms. The second-order valence-electron chi connectivity index (χ2n) is 15.6. The second-order valence-corrected chi connectivity index (χ2v) is 16.7. The van der Waals surface area contributed by atoms with E-state index in [1.165, 1.54) is 80.6 Å². The zero-order valence-corrected chi connectivity index (χ0v) is 34.1. The number of nitrogens with zero attached hydrogens (tertiary/aromatic N) is 2. The summed E-state index contributed by atoms with van der Waals surface area (Å²) in [7, 11) is 0. The second kappa shape index (κ2) is 14.5. The molecule has 0 fully saturated rings. The van der Waals surface area contributed by atoms with Crippen molar-refractivity contribution in [1.29, 1.82) is 0 Å². The van der Waals surface area contributed by atoms with Crippen LogP contribution < -0.4 is 4.90 Å². The molecular weight excluding hydrogens is 757 g/mol. The number of benzene rings is 10. The predicted molar refractivity (Wildman–Crippen MR) is 262 cm³/mol. The highest BCUT2D eigenvalue weighted by Crippen LogP contribution is 2.46. The van der Waals surface area contributed by atoms with Crippen molar-refractivity contribution in [2.75, 3.05) is 4.90 Å². The normalized spacial score (nSPS) is 11.6. The van der Waals surface area contributed by atoms with Gasteiger partial charge in [0, 0.05) is 59.1 Å². The van der Waals surface area contributed by atoms with Gasteiger partial charge in [0.25, 0.3) is 0 Å². The summed E-state index contributed by atoms with van der Waals surface area (Å²) in [5.74, 6) is 0.